The molecule has 0 saturated carbocycles. The zero-order valence-corrected chi connectivity index (χ0v) is 6.80. The van der Waals surface area contributed by atoms with Gasteiger partial charge in [0.1, 0.15) is 0 Å². The van der Waals surface area contributed by atoms with E-state index >= 15 is 0 Å². The number of rotatable bonds is 0. The van der Waals surface area contributed by atoms with Crippen LogP contribution in [0.25, 0.3) is 0 Å². The van der Waals surface area contributed by atoms with Gasteiger partial charge in [0.2, 0.25) is 0 Å². The third-order valence-electron chi connectivity index (χ3n) is 1.82. The fourth-order valence-corrected chi connectivity index (χ4v) is 1.44. The smallest absolute Gasteiger partial charge is 0.0592 e. The Kier molecular flexibility index (Phi) is 1.80. The second kappa shape index (κ2) is 2.80. The maximum absolute atomic E-state index is 5.77. The molecule has 0 aromatic carbocycles. The van der Waals surface area contributed by atoms with E-state index in [1.807, 2.05) is 6.07 Å². The summed E-state index contributed by atoms with van der Waals surface area (Å²) in [6, 6.07) is 1.95. The molecule has 0 N–H and O–H groups in total. The largest absolute Gasteiger partial charge is 0.259 e. The molecular formula is C8H8ClN2. The molecule has 0 aliphatic carbocycles. The van der Waals surface area contributed by atoms with Crippen LogP contribution in [0.5, 0.6) is 0 Å². The lowest BCUT2D eigenvalue weighted by Gasteiger charge is -2.13. The molecule has 2 rings (SSSR count). The molecule has 57 valence electrons. The molecule has 0 saturated heterocycles. The van der Waals surface area contributed by atoms with Gasteiger partial charge >= 0.3 is 0 Å². The average molecular weight is 168 g/mol. The van der Waals surface area contributed by atoms with E-state index < -0.39 is 0 Å². The first-order valence-corrected chi connectivity index (χ1v) is 4.00. The van der Waals surface area contributed by atoms with Crippen molar-refractivity contribution in [3.8, 4) is 0 Å². The lowest BCUT2D eigenvalue weighted by Crippen LogP contribution is -2.18. The molecule has 0 bridgehead atoms. The van der Waals surface area contributed by atoms with Crippen LogP contribution < -0.4 is 5.32 Å². The van der Waals surface area contributed by atoms with Crippen LogP contribution in [0.3, 0.4) is 0 Å². The zero-order chi connectivity index (χ0) is 7.68. The molecule has 1 aromatic rings. The number of nitrogens with zero attached hydrogens (tertiary/aromatic N) is 2. The zero-order valence-electron chi connectivity index (χ0n) is 6.05. The van der Waals surface area contributed by atoms with Crippen molar-refractivity contribution in [2.75, 3.05) is 6.54 Å². The first-order valence-electron chi connectivity index (χ1n) is 3.63. The minimum atomic E-state index is 0.709. The van der Waals surface area contributed by atoms with Crippen LogP contribution in [0.2, 0.25) is 5.02 Å². The molecule has 0 atom stereocenters. The highest BCUT2D eigenvalue weighted by Gasteiger charge is 2.09. The number of halogens is 1. The van der Waals surface area contributed by atoms with Gasteiger partial charge in [0.05, 0.1) is 5.02 Å². The molecule has 0 unspecified atom stereocenters. The predicted octanol–water partition coefficient (Wildman–Crippen LogP) is 1.40. The highest BCUT2D eigenvalue weighted by Crippen LogP contribution is 2.16. The second-order valence-electron chi connectivity index (χ2n) is 2.61. The second-order valence-corrected chi connectivity index (χ2v) is 3.05. The monoisotopic (exact) mass is 167 g/mol. The lowest BCUT2D eigenvalue weighted by molar-refractivity contribution is 0.617. The third-order valence-corrected chi connectivity index (χ3v) is 2.02. The molecule has 3 heteroatoms. The van der Waals surface area contributed by atoms with Gasteiger partial charge in [0.25, 0.3) is 0 Å². The minimum Gasteiger partial charge on any atom is -0.259 e. The van der Waals surface area contributed by atoms with Crippen LogP contribution >= 0.6 is 11.6 Å². The first kappa shape index (κ1) is 7.07. The Hall–Kier alpha value is -0.600. The number of hydrogen-bond acceptors (Lipinski definition) is 1. The maximum Gasteiger partial charge on any atom is 0.0592 e. The van der Waals surface area contributed by atoms with Crippen LogP contribution in [0.1, 0.15) is 11.3 Å². The lowest BCUT2D eigenvalue weighted by atomic mass is 10.1. The topological polar surface area (TPSA) is 27.0 Å². The first-order chi connectivity index (χ1) is 5.36. The van der Waals surface area contributed by atoms with Gasteiger partial charge in [-0.25, -0.2) is 5.32 Å². The van der Waals surface area contributed by atoms with E-state index in [9.17, 15) is 0 Å². The van der Waals surface area contributed by atoms with Crippen molar-refractivity contribution in [3.63, 3.8) is 0 Å². The standard InChI is InChI=1S/C8H8ClN2/c9-7-3-6-4-10-2-1-8(6)11-5-7/h3,5H,1-2,4H2. The van der Waals surface area contributed by atoms with E-state index in [-0.39, 0.29) is 0 Å². The van der Waals surface area contributed by atoms with E-state index in [4.69, 9.17) is 11.6 Å². The van der Waals surface area contributed by atoms with E-state index in [1.54, 1.807) is 6.20 Å². The minimum absolute atomic E-state index is 0.709. The van der Waals surface area contributed by atoms with Crippen LogP contribution in [0.4, 0.5) is 0 Å². The summed E-state index contributed by atoms with van der Waals surface area (Å²) in [5.74, 6) is 0. The van der Waals surface area contributed by atoms with Crippen LogP contribution in [0.15, 0.2) is 12.3 Å². The van der Waals surface area contributed by atoms with Crippen molar-refractivity contribution in [2.45, 2.75) is 13.0 Å². The van der Waals surface area contributed by atoms with E-state index in [1.165, 1.54) is 5.56 Å². The van der Waals surface area contributed by atoms with Gasteiger partial charge < -0.3 is 0 Å². The summed E-state index contributed by atoms with van der Waals surface area (Å²) in [5.41, 5.74) is 2.34. The Morgan fingerprint density at radius 1 is 1.45 bits per heavy atom. The van der Waals surface area contributed by atoms with E-state index in [2.05, 4.69) is 10.3 Å². The van der Waals surface area contributed by atoms with Crippen LogP contribution in [-0.2, 0) is 13.0 Å². The normalized spacial score (nSPS) is 16.1. The summed E-state index contributed by atoms with van der Waals surface area (Å²) in [6.07, 6.45) is 2.66. The van der Waals surface area contributed by atoms with Gasteiger partial charge in [-0.2, -0.15) is 0 Å². The van der Waals surface area contributed by atoms with Crippen molar-refractivity contribution in [2.24, 2.45) is 0 Å². The summed E-state index contributed by atoms with van der Waals surface area (Å²) in [7, 11) is 0. The summed E-state index contributed by atoms with van der Waals surface area (Å²) >= 11 is 5.77. The predicted molar refractivity (Wildman–Crippen MR) is 43.7 cm³/mol. The number of pyridine rings is 1. The summed E-state index contributed by atoms with van der Waals surface area (Å²) in [6.45, 7) is 1.69. The van der Waals surface area contributed by atoms with Gasteiger partial charge in [-0.3, -0.25) is 4.98 Å². The summed E-state index contributed by atoms with van der Waals surface area (Å²) in [5, 5.41) is 4.97. The Bertz CT molecular complexity index is 273. The fourth-order valence-electron chi connectivity index (χ4n) is 1.26. The SMILES string of the molecule is Clc1cnc2c(c1)C[N]CC2. The van der Waals surface area contributed by atoms with Gasteiger partial charge in [-0.05, 0) is 11.6 Å². The molecule has 0 amide bonds. The molecule has 11 heavy (non-hydrogen) atoms. The fraction of sp³-hybridized carbons (Fsp3) is 0.375. The number of fused-ring (bicyclic) bond motifs is 1. The van der Waals surface area contributed by atoms with E-state index in [0.29, 0.717) is 5.02 Å². The number of hydrogen-bond donors (Lipinski definition) is 0. The Morgan fingerprint density at radius 3 is 3.27 bits per heavy atom. The van der Waals surface area contributed by atoms with Crippen LogP contribution in [0, 0.1) is 0 Å². The molecule has 1 aliphatic heterocycles. The molecule has 2 heterocycles. The summed E-state index contributed by atoms with van der Waals surface area (Å²) < 4.78 is 0. The quantitative estimate of drug-likeness (QED) is 0.574. The van der Waals surface area contributed by atoms with E-state index in [0.717, 1.165) is 25.2 Å². The third kappa shape index (κ3) is 1.37. The molecule has 1 aliphatic rings. The highest BCUT2D eigenvalue weighted by atomic mass is 35.5. The van der Waals surface area contributed by atoms with Crippen molar-refractivity contribution in [1.82, 2.24) is 10.3 Å². The highest BCUT2D eigenvalue weighted by molar-refractivity contribution is 6.30. The van der Waals surface area contributed by atoms with Crippen molar-refractivity contribution in [1.29, 1.82) is 0 Å². The van der Waals surface area contributed by atoms with Gasteiger partial charge in [-0.15, -0.1) is 0 Å². The molecule has 2 nitrogen and oxygen atoms in total. The Morgan fingerprint density at radius 2 is 2.36 bits per heavy atom. The Balaban J connectivity index is 2.43. The van der Waals surface area contributed by atoms with Crippen molar-refractivity contribution in [3.05, 3.63) is 28.5 Å². The molecular weight excluding hydrogens is 160 g/mol. The molecule has 1 radical (unpaired) electrons. The number of aromatic nitrogens is 1. The average Bonchev–Trinajstić information content (AvgIpc) is 2.04. The van der Waals surface area contributed by atoms with Gasteiger partial charge in [0, 0.05) is 31.4 Å². The van der Waals surface area contributed by atoms with Crippen LogP contribution in [-0.4, -0.2) is 11.5 Å². The molecule has 0 fully saturated rings. The van der Waals surface area contributed by atoms with Gasteiger partial charge in [0.15, 0.2) is 0 Å². The molecule has 0 spiro atoms. The van der Waals surface area contributed by atoms with Crippen molar-refractivity contribution >= 4 is 11.6 Å². The van der Waals surface area contributed by atoms with Crippen molar-refractivity contribution < 1.29 is 0 Å². The Labute approximate surface area is 70.6 Å². The molecule has 1 aromatic heterocycles. The van der Waals surface area contributed by atoms with Gasteiger partial charge in [-0.1, -0.05) is 11.6 Å². The maximum atomic E-state index is 5.77. The summed E-state index contributed by atoms with van der Waals surface area (Å²) in [4.78, 5) is 4.23.